The third-order valence-electron chi connectivity index (χ3n) is 5.68. The van der Waals surface area contributed by atoms with Gasteiger partial charge in [0, 0.05) is 23.3 Å². The van der Waals surface area contributed by atoms with Crippen LogP contribution in [0.3, 0.4) is 0 Å². The number of rotatable bonds is 6. The Morgan fingerprint density at radius 2 is 1.58 bits per heavy atom. The number of benzene rings is 2. The lowest BCUT2D eigenvalue weighted by molar-refractivity contribution is 0.413. The fourth-order valence-electron chi connectivity index (χ4n) is 4.10. The van der Waals surface area contributed by atoms with Crippen molar-refractivity contribution in [3.8, 4) is 17.2 Å². The summed E-state index contributed by atoms with van der Waals surface area (Å²) in [4.78, 5) is 10.2. The lowest BCUT2D eigenvalue weighted by Gasteiger charge is -2.27. The molecule has 2 N–H and O–H groups in total. The highest BCUT2D eigenvalue weighted by molar-refractivity contribution is 7.80. The van der Waals surface area contributed by atoms with Crippen LogP contribution in [0.25, 0.3) is 0 Å². The Hall–Kier alpha value is -3.84. The number of nitrogens with one attached hydrogen (secondary N) is 2. The number of H-pyrrole nitrogens is 1. The van der Waals surface area contributed by atoms with Gasteiger partial charge in [0.2, 0.25) is 0 Å². The number of aromatic amines is 1. The Labute approximate surface area is 198 Å². The van der Waals surface area contributed by atoms with Crippen LogP contribution in [0.2, 0.25) is 0 Å². The van der Waals surface area contributed by atoms with Gasteiger partial charge in [0.05, 0.1) is 18.8 Å². The van der Waals surface area contributed by atoms with E-state index in [0.717, 1.165) is 40.0 Å². The molecule has 166 valence electrons. The summed E-state index contributed by atoms with van der Waals surface area (Å²) in [5, 5.41) is 4.13. The molecule has 3 heterocycles. The monoisotopic (exact) mass is 456 g/mol. The first-order valence-electron chi connectivity index (χ1n) is 10.7. The maximum absolute atomic E-state index is 5.99. The van der Waals surface area contributed by atoms with Gasteiger partial charge in [0.1, 0.15) is 23.3 Å². The van der Waals surface area contributed by atoms with Gasteiger partial charge in [0.25, 0.3) is 0 Å². The molecule has 2 aromatic heterocycles. The van der Waals surface area contributed by atoms with Gasteiger partial charge in [-0.05, 0) is 91.9 Å². The van der Waals surface area contributed by atoms with Crippen molar-refractivity contribution in [3.63, 3.8) is 0 Å². The zero-order valence-corrected chi connectivity index (χ0v) is 19.2. The predicted molar refractivity (Wildman–Crippen MR) is 133 cm³/mol. The number of methoxy groups -OCH3 is 1. The van der Waals surface area contributed by atoms with E-state index in [9.17, 15) is 0 Å². The van der Waals surface area contributed by atoms with Crippen LogP contribution in [0.15, 0.2) is 85.1 Å². The van der Waals surface area contributed by atoms with E-state index in [-0.39, 0.29) is 12.1 Å². The maximum Gasteiger partial charge on any atom is 0.174 e. The van der Waals surface area contributed by atoms with Crippen LogP contribution in [0.4, 0.5) is 5.69 Å². The van der Waals surface area contributed by atoms with E-state index in [0.29, 0.717) is 5.11 Å². The van der Waals surface area contributed by atoms with Gasteiger partial charge in [-0.15, -0.1) is 0 Å². The van der Waals surface area contributed by atoms with E-state index in [1.165, 1.54) is 0 Å². The first-order chi connectivity index (χ1) is 16.1. The second-order valence-corrected chi connectivity index (χ2v) is 8.25. The minimum Gasteiger partial charge on any atom is -0.497 e. The molecule has 4 aromatic rings. The van der Waals surface area contributed by atoms with E-state index < -0.39 is 0 Å². The highest BCUT2D eigenvalue weighted by Crippen LogP contribution is 2.41. The van der Waals surface area contributed by atoms with Gasteiger partial charge in [-0.2, -0.15) is 0 Å². The van der Waals surface area contributed by atoms with Crippen LogP contribution in [-0.4, -0.2) is 22.2 Å². The molecule has 5 rings (SSSR count). The minimum absolute atomic E-state index is 0.0607. The molecule has 0 radical (unpaired) electrons. The lowest BCUT2D eigenvalue weighted by Crippen LogP contribution is -2.29. The largest absolute Gasteiger partial charge is 0.497 e. The first-order valence-corrected chi connectivity index (χ1v) is 11.1. The molecule has 0 spiro atoms. The second-order valence-electron chi connectivity index (χ2n) is 7.86. The zero-order chi connectivity index (χ0) is 22.8. The van der Waals surface area contributed by atoms with Gasteiger partial charge in [-0.1, -0.05) is 6.07 Å². The Morgan fingerprint density at radius 1 is 0.879 bits per heavy atom. The van der Waals surface area contributed by atoms with Gasteiger partial charge in [-0.25, -0.2) is 0 Å². The number of hydrogen-bond donors (Lipinski definition) is 2. The molecule has 6 nitrogen and oxygen atoms in total. The highest BCUT2D eigenvalue weighted by atomic mass is 32.1. The third kappa shape index (κ3) is 4.27. The summed E-state index contributed by atoms with van der Waals surface area (Å²) in [5.41, 5.74) is 4.10. The molecular formula is C26H24N4O2S. The maximum atomic E-state index is 5.99. The van der Waals surface area contributed by atoms with Gasteiger partial charge >= 0.3 is 0 Å². The Morgan fingerprint density at radius 3 is 2.18 bits per heavy atom. The molecule has 2 atom stereocenters. The number of hydrogen-bond acceptors (Lipinski definition) is 4. The molecule has 1 aliphatic heterocycles. The van der Waals surface area contributed by atoms with Crippen LogP contribution >= 0.6 is 12.2 Å². The Bertz CT molecular complexity index is 1240. The average Bonchev–Trinajstić information content (AvgIpc) is 3.43. The molecule has 33 heavy (non-hydrogen) atoms. The van der Waals surface area contributed by atoms with Crippen molar-refractivity contribution < 1.29 is 9.47 Å². The van der Waals surface area contributed by atoms with E-state index in [4.69, 9.17) is 21.7 Å². The van der Waals surface area contributed by atoms with Gasteiger partial charge in [-0.3, -0.25) is 4.98 Å². The minimum atomic E-state index is -0.0769. The summed E-state index contributed by atoms with van der Waals surface area (Å²) in [7, 11) is 1.65. The van der Waals surface area contributed by atoms with E-state index >= 15 is 0 Å². The molecule has 1 aliphatic rings. The standard InChI is InChI=1S/C26H24N4O2S/c1-17-6-15-23(28-17)25-24(22-5-3-4-16-27-22)29-26(33)30(25)18-7-9-20(10-8-18)32-21-13-11-19(31-2)12-14-21/h3-16,24-25,28H,1-2H3,(H,29,33)/t24-,25-/m0/s1. The van der Waals surface area contributed by atoms with E-state index in [1.54, 1.807) is 7.11 Å². The van der Waals surface area contributed by atoms with E-state index in [2.05, 4.69) is 39.2 Å². The summed E-state index contributed by atoms with van der Waals surface area (Å²) in [6, 6.07) is 25.5. The SMILES string of the molecule is COc1ccc(Oc2ccc(N3C(=S)N[C@@H](c4ccccn4)[C@@H]3c3ccc(C)[nH]3)cc2)cc1. The van der Waals surface area contributed by atoms with Crippen molar-refractivity contribution in [2.75, 3.05) is 12.0 Å². The summed E-state index contributed by atoms with van der Waals surface area (Å²) in [5.74, 6) is 2.29. The summed E-state index contributed by atoms with van der Waals surface area (Å²) in [6.07, 6.45) is 1.81. The van der Waals surface area contributed by atoms with Crippen molar-refractivity contribution in [1.29, 1.82) is 0 Å². The van der Waals surface area contributed by atoms with Crippen LogP contribution in [0.1, 0.15) is 29.2 Å². The quantitative estimate of drug-likeness (QED) is 0.363. The number of aryl methyl sites for hydroxylation is 1. The van der Waals surface area contributed by atoms with Crippen molar-refractivity contribution in [3.05, 3.63) is 102 Å². The van der Waals surface area contributed by atoms with Crippen molar-refractivity contribution in [2.45, 2.75) is 19.0 Å². The number of ether oxygens (including phenoxy) is 2. The molecule has 0 saturated carbocycles. The van der Waals surface area contributed by atoms with Crippen molar-refractivity contribution in [1.82, 2.24) is 15.3 Å². The number of anilines is 1. The zero-order valence-electron chi connectivity index (χ0n) is 18.4. The number of pyridine rings is 1. The van der Waals surface area contributed by atoms with Crippen LogP contribution in [0, 0.1) is 6.92 Å². The van der Waals surface area contributed by atoms with Crippen LogP contribution in [0.5, 0.6) is 17.2 Å². The third-order valence-corrected chi connectivity index (χ3v) is 6.00. The molecule has 1 fully saturated rings. The second kappa shape index (κ2) is 8.96. The van der Waals surface area contributed by atoms with E-state index in [1.807, 2.05) is 72.9 Å². The lowest BCUT2D eigenvalue weighted by atomic mass is 10.0. The smallest absolute Gasteiger partial charge is 0.174 e. The Balaban J connectivity index is 1.44. The normalized spacial score (nSPS) is 17.6. The molecule has 0 bridgehead atoms. The summed E-state index contributed by atoms with van der Waals surface area (Å²) < 4.78 is 11.2. The fourth-order valence-corrected chi connectivity index (χ4v) is 4.45. The molecule has 0 amide bonds. The van der Waals surface area contributed by atoms with Crippen molar-refractivity contribution in [2.24, 2.45) is 0 Å². The van der Waals surface area contributed by atoms with Crippen LogP contribution < -0.4 is 19.7 Å². The fraction of sp³-hybridized carbons (Fsp3) is 0.154. The Kier molecular flexibility index (Phi) is 5.71. The molecule has 0 unspecified atom stereocenters. The number of thiocarbonyl (C=S) groups is 1. The average molecular weight is 457 g/mol. The molecular weight excluding hydrogens is 432 g/mol. The highest BCUT2D eigenvalue weighted by Gasteiger charge is 2.41. The predicted octanol–water partition coefficient (Wildman–Crippen LogP) is 5.70. The van der Waals surface area contributed by atoms with Crippen molar-refractivity contribution >= 4 is 23.0 Å². The first kappa shape index (κ1) is 21.0. The molecule has 2 aromatic carbocycles. The van der Waals surface area contributed by atoms with Crippen LogP contribution in [-0.2, 0) is 0 Å². The van der Waals surface area contributed by atoms with Gasteiger partial charge in [0.15, 0.2) is 5.11 Å². The number of nitrogens with zero attached hydrogens (tertiary/aromatic N) is 2. The summed E-state index contributed by atoms with van der Waals surface area (Å²) in [6.45, 7) is 2.05. The van der Waals surface area contributed by atoms with Gasteiger partial charge < -0.3 is 24.7 Å². The molecule has 7 heteroatoms. The molecule has 1 saturated heterocycles. The topological polar surface area (TPSA) is 62.4 Å². The summed E-state index contributed by atoms with van der Waals surface area (Å²) >= 11 is 5.77. The number of aromatic nitrogens is 2. The molecule has 0 aliphatic carbocycles.